The normalized spacial score (nSPS) is 19.2. The molecule has 35 heavy (non-hydrogen) atoms. The van der Waals surface area contributed by atoms with Crippen LogP contribution in [0.1, 0.15) is 54.5 Å². The van der Waals surface area contributed by atoms with Crippen molar-refractivity contribution in [2.24, 2.45) is 5.92 Å². The summed E-state index contributed by atoms with van der Waals surface area (Å²) in [6.45, 7) is 1.49. The smallest absolute Gasteiger partial charge is 0.329 e. The van der Waals surface area contributed by atoms with Gasteiger partial charge in [-0.05, 0) is 38.3 Å². The van der Waals surface area contributed by atoms with Gasteiger partial charge in [0, 0.05) is 30.6 Å². The quantitative estimate of drug-likeness (QED) is 0.519. The van der Waals surface area contributed by atoms with Crippen molar-refractivity contribution in [3.05, 3.63) is 73.2 Å². The molecule has 0 spiro atoms. The number of nitrogens with one attached hydrogen (secondary N) is 1. The molecule has 2 heterocycles. The lowest BCUT2D eigenvalue weighted by atomic mass is 9.94. The van der Waals surface area contributed by atoms with Crippen molar-refractivity contribution < 1.29 is 27.1 Å². The number of rotatable bonds is 5. The van der Waals surface area contributed by atoms with Gasteiger partial charge in [-0.3, -0.25) is 14.3 Å². The fourth-order valence-corrected chi connectivity index (χ4v) is 5.22. The summed E-state index contributed by atoms with van der Waals surface area (Å²) in [4.78, 5) is 28.5. The number of alkyl halides is 2. The van der Waals surface area contributed by atoms with Gasteiger partial charge in [0.05, 0.1) is 33.8 Å². The topological polar surface area (TPSA) is 78.3 Å². The molecule has 2 atom stereocenters. The molecule has 2 aromatic carbocycles. The minimum absolute atomic E-state index is 0.0444. The number of H-pyrrole nitrogens is 1. The molecule has 2 aliphatic rings. The van der Waals surface area contributed by atoms with E-state index in [1.54, 1.807) is 0 Å². The number of aromatic amines is 1. The van der Waals surface area contributed by atoms with Gasteiger partial charge in [-0.15, -0.1) is 0 Å². The SMILES string of the molecule is Cc1c(N2CCC(C(O)c3c(F)cccc3F)C2)c(F)c(C(F)F)c2c(=O)[nH]c(=O)n(C3CC3)c12. The zero-order valence-electron chi connectivity index (χ0n) is 18.6. The number of nitrogens with zero attached hydrogens (tertiary/aromatic N) is 2. The summed E-state index contributed by atoms with van der Waals surface area (Å²) < 4.78 is 73.4. The lowest BCUT2D eigenvalue weighted by Gasteiger charge is -2.26. The van der Waals surface area contributed by atoms with E-state index in [0.29, 0.717) is 12.8 Å². The van der Waals surface area contributed by atoms with Crippen molar-refractivity contribution in [3.63, 3.8) is 0 Å². The third-order valence-electron chi connectivity index (χ3n) is 6.98. The summed E-state index contributed by atoms with van der Waals surface area (Å²) in [5.41, 5.74) is -3.55. The van der Waals surface area contributed by atoms with Crippen LogP contribution in [0.4, 0.5) is 27.6 Å². The third-order valence-corrected chi connectivity index (χ3v) is 6.98. The molecule has 1 aliphatic heterocycles. The Kier molecular flexibility index (Phi) is 5.70. The number of aliphatic hydroxyl groups is 1. The molecule has 0 radical (unpaired) electrons. The lowest BCUT2D eigenvalue weighted by molar-refractivity contribution is 0.111. The highest BCUT2D eigenvalue weighted by Crippen LogP contribution is 2.44. The van der Waals surface area contributed by atoms with Gasteiger partial charge < -0.3 is 10.0 Å². The molecule has 3 aromatic rings. The average molecular weight is 495 g/mol. The Hall–Kier alpha value is -3.21. The lowest BCUT2D eigenvalue weighted by Crippen LogP contribution is -2.32. The van der Waals surface area contributed by atoms with Gasteiger partial charge in [-0.25, -0.2) is 26.7 Å². The number of hydrogen-bond acceptors (Lipinski definition) is 4. The van der Waals surface area contributed by atoms with Gasteiger partial charge in [0.15, 0.2) is 5.82 Å². The fraction of sp³-hybridized carbons (Fsp3) is 0.417. The summed E-state index contributed by atoms with van der Waals surface area (Å²) in [5, 5.41) is 10.1. The van der Waals surface area contributed by atoms with Crippen LogP contribution < -0.4 is 16.1 Å². The minimum Gasteiger partial charge on any atom is -0.388 e. The first-order valence-electron chi connectivity index (χ1n) is 11.3. The second kappa shape index (κ2) is 8.47. The molecular weight excluding hydrogens is 473 g/mol. The Bertz CT molecular complexity index is 1430. The Balaban J connectivity index is 1.64. The summed E-state index contributed by atoms with van der Waals surface area (Å²) in [5.74, 6) is -3.84. The van der Waals surface area contributed by atoms with Crippen LogP contribution in [-0.4, -0.2) is 27.7 Å². The van der Waals surface area contributed by atoms with Crippen molar-refractivity contribution in [1.29, 1.82) is 0 Å². The van der Waals surface area contributed by atoms with Gasteiger partial charge >= 0.3 is 5.69 Å². The number of fused-ring (bicyclic) bond motifs is 1. The van der Waals surface area contributed by atoms with E-state index in [-0.39, 0.29) is 42.3 Å². The number of aryl methyl sites for hydroxylation is 1. The third kappa shape index (κ3) is 3.72. The highest BCUT2D eigenvalue weighted by Gasteiger charge is 2.37. The first-order valence-corrected chi connectivity index (χ1v) is 11.3. The standard InChI is InChI=1S/C24H22F5N3O3/c1-10-19-17(23(34)30-24(35)32(19)12-5-6-12)16(22(28)29)18(27)20(10)31-8-7-11(9-31)21(33)15-13(25)3-2-4-14(15)26/h2-4,11-12,21-22,33H,5-9H2,1H3,(H,30,34,35). The Morgan fingerprint density at radius 3 is 2.31 bits per heavy atom. The van der Waals surface area contributed by atoms with Gasteiger partial charge in [0.25, 0.3) is 12.0 Å². The minimum atomic E-state index is -3.33. The van der Waals surface area contributed by atoms with E-state index in [0.717, 1.165) is 12.1 Å². The van der Waals surface area contributed by atoms with Gasteiger partial charge in [0.2, 0.25) is 0 Å². The number of hydrogen-bond donors (Lipinski definition) is 2. The second-order valence-electron chi connectivity index (χ2n) is 9.16. The number of aliphatic hydroxyl groups excluding tert-OH is 1. The largest absolute Gasteiger partial charge is 0.388 e. The van der Waals surface area contributed by atoms with Crippen molar-refractivity contribution >= 4 is 16.6 Å². The molecule has 2 unspecified atom stereocenters. The predicted molar refractivity (Wildman–Crippen MR) is 118 cm³/mol. The van der Waals surface area contributed by atoms with Crippen molar-refractivity contribution in [1.82, 2.24) is 9.55 Å². The zero-order chi connectivity index (χ0) is 25.2. The number of halogens is 5. The Morgan fingerprint density at radius 1 is 1.06 bits per heavy atom. The molecule has 2 fully saturated rings. The average Bonchev–Trinajstić information content (AvgIpc) is 3.50. The molecular formula is C24H22F5N3O3. The van der Waals surface area contributed by atoms with Crippen LogP contribution in [0.15, 0.2) is 27.8 Å². The maximum absolute atomic E-state index is 15.6. The zero-order valence-corrected chi connectivity index (χ0v) is 18.6. The second-order valence-corrected chi connectivity index (χ2v) is 9.16. The van der Waals surface area contributed by atoms with E-state index in [9.17, 15) is 32.3 Å². The summed E-state index contributed by atoms with van der Waals surface area (Å²) in [6, 6.07) is 2.92. The maximum atomic E-state index is 15.6. The van der Waals surface area contributed by atoms with E-state index in [2.05, 4.69) is 0 Å². The van der Waals surface area contributed by atoms with E-state index in [1.165, 1.54) is 22.5 Å². The van der Waals surface area contributed by atoms with Crippen LogP contribution in [-0.2, 0) is 0 Å². The predicted octanol–water partition coefficient (Wildman–Crippen LogP) is 4.25. The van der Waals surface area contributed by atoms with Crippen LogP contribution >= 0.6 is 0 Å². The van der Waals surface area contributed by atoms with Gasteiger partial charge in [0.1, 0.15) is 11.6 Å². The molecule has 0 amide bonds. The highest BCUT2D eigenvalue weighted by molar-refractivity contribution is 5.90. The maximum Gasteiger partial charge on any atom is 0.329 e. The fourth-order valence-electron chi connectivity index (χ4n) is 5.22. The van der Waals surface area contributed by atoms with Crippen LogP contribution in [0, 0.1) is 30.3 Å². The first-order chi connectivity index (χ1) is 16.6. The van der Waals surface area contributed by atoms with E-state index < -0.39 is 63.7 Å². The Morgan fingerprint density at radius 2 is 1.71 bits per heavy atom. The number of benzene rings is 2. The van der Waals surface area contributed by atoms with Gasteiger partial charge in [-0.2, -0.15) is 0 Å². The van der Waals surface area contributed by atoms with Crippen LogP contribution in [0.5, 0.6) is 0 Å². The molecule has 1 saturated carbocycles. The molecule has 1 aromatic heterocycles. The van der Waals surface area contributed by atoms with Gasteiger partial charge in [-0.1, -0.05) is 6.07 Å². The molecule has 1 saturated heterocycles. The van der Waals surface area contributed by atoms with E-state index in [1.807, 2.05) is 4.98 Å². The van der Waals surface area contributed by atoms with Crippen LogP contribution in [0.3, 0.4) is 0 Å². The summed E-state index contributed by atoms with van der Waals surface area (Å²) in [6.07, 6.45) is -3.43. The van der Waals surface area contributed by atoms with E-state index in [4.69, 9.17) is 0 Å². The monoisotopic (exact) mass is 495 g/mol. The van der Waals surface area contributed by atoms with Crippen LogP contribution in [0.2, 0.25) is 0 Å². The molecule has 0 bridgehead atoms. The first kappa shape index (κ1) is 23.5. The van der Waals surface area contributed by atoms with Crippen molar-refractivity contribution in [3.8, 4) is 0 Å². The van der Waals surface area contributed by atoms with Crippen LogP contribution in [0.25, 0.3) is 10.9 Å². The molecule has 186 valence electrons. The molecule has 6 nitrogen and oxygen atoms in total. The van der Waals surface area contributed by atoms with E-state index >= 15 is 4.39 Å². The summed E-state index contributed by atoms with van der Waals surface area (Å²) in [7, 11) is 0. The van der Waals surface area contributed by atoms with Crippen molar-refractivity contribution in [2.75, 3.05) is 18.0 Å². The molecule has 1 aliphatic carbocycles. The Labute approximate surface area is 195 Å². The number of aromatic nitrogens is 2. The highest BCUT2D eigenvalue weighted by atomic mass is 19.3. The summed E-state index contributed by atoms with van der Waals surface area (Å²) >= 11 is 0. The molecule has 5 rings (SSSR count). The molecule has 11 heteroatoms. The van der Waals surface area contributed by atoms with Crippen molar-refractivity contribution in [2.45, 2.75) is 44.8 Å². The molecule has 2 N–H and O–H groups in total. The number of anilines is 1.